The first-order valence-electron chi connectivity index (χ1n) is 10.9. The number of pyridine rings is 1. The van der Waals surface area contributed by atoms with E-state index in [1.54, 1.807) is 11.0 Å². The number of rotatable bonds is 4. The lowest BCUT2D eigenvalue weighted by Crippen LogP contribution is -2.35. The molecule has 34 heavy (non-hydrogen) atoms. The molecule has 0 unspecified atom stereocenters. The van der Waals surface area contributed by atoms with Crippen LogP contribution >= 0.6 is 11.6 Å². The van der Waals surface area contributed by atoms with Crippen molar-refractivity contribution >= 4 is 29.0 Å². The Labute approximate surface area is 200 Å². The number of anilines is 2. The molecular weight excluding hydrogens is 461 g/mol. The van der Waals surface area contributed by atoms with Crippen LogP contribution < -0.4 is 11.1 Å². The summed E-state index contributed by atoms with van der Waals surface area (Å²) in [5, 5.41) is 19.1. The van der Waals surface area contributed by atoms with Crippen LogP contribution in [0.3, 0.4) is 0 Å². The largest absolute Gasteiger partial charge is 0.398 e. The number of nitrogens with two attached hydrogens (primary N) is 1. The fraction of sp³-hybridized carbons (Fsp3) is 0.391. The first-order chi connectivity index (χ1) is 16.1. The number of aromatic nitrogens is 4. The summed E-state index contributed by atoms with van der Waals surface area (Å²) in [6, 6.07) is 3.01. The van der Waals surface area contributed by atoms with Crippen molar-refractivity contribution in [3.05, 3.63) is 53.0 Å². The van der Waals surface area contributed by atoms with Crippen molar-refractivity contribution in [3.8, 4) is 11.1 Å². The van der Waals surface area contributed by atoms with Gasteiger partial charge in [0, 0.05) is 54.6 Å². The zero-order valence-electron chi connectivity index (χ0n) is 18.8. The number of carbonyl (C=O) groups is 1. The lowest BCUT2D eigenvalue weighted by atomic mass is 9.79. The van der Waals surface area contributed by atoms with Crippen LogP contribution in [-0.4, -0.2) is 61.9 Å². The Balaban J connectivity index is 1.56. The number of nitrogens with one attached hydrogen (secondary N) is 1. The van der Waals surface area contributed by atoms with Crippen LogP contribution in [0, 0.1) is 5.82 Å². The van der Waals surface area contributed by atoms with Crippen molar-refractivity contribution in [3.63, 3.8) is 0 Å². The molecule has 11 heteroatoms. The summed E-state index contributed by atoms with van der Waals surface area (Å²) >= 11 is 6.92. The van der Waals surface area contributed by atoms with Gasteiger partial charge in [-0.1, -0.05) is 11.6 Å². The highest BCUT2D eigenvalue weighted by molar-refractivity contribution is 6.34. The van der Waals surface area contributed by atoms with Gasteiger partial charge in [-0.15, -0.1) is 0 Å². The number of fused-ring (bicyclic) bond motifs is 2. The van der Waals surface area contributed by atoms with Crippen molar-refractivity contribution < 1.29 is 14.3 Å². The molecular formula is C23H25ClFN7O2. The van der Waals surface area contributed by atoms with Gasteiger partial charge < -0.3 is 21.1 Å². The quantitative estimate of drug-likeness (QED) is 0.485. The van der Waals surface area contributed by atoms with E-state index in [1.807, 2.05) is 0 Å². The van der Waals surface area contributed by atoms with Crippen molar-refractivity contribution in [1.82, 2.24) is 24.6 Å². The summed E-state index contributed by atoms with van der Waals surface area (Å²) in [5.74, 6) is -0.648. The van der Waals surface area contributed by atoms with E-state index in [1.165, 1.54) is 43.7 Å². The second kappa shape index (κ2) is 7.92. The van der Waals surface area contributed by atoms with Gasteiger partial charge in [0.2, 0.25) is 0 Å². The van der Waals surface area contributed by atoms with Gasteiger partial charge in [0.25, 0.3) is 5.91 Å². The van der Waals surface area contributed by atoms with Gasteiger partial charge >= 0.3 is 0 Å². The van der Waals surface area contributed by atoms with E-state index < -0.39 is 22.7 Å². The molecule has 178 valence electrons. The molecule has 3 heterocycles. The zero-order chi connectivity index (χ0) is 24.3. The Bertz CT molecular complexity index is 1280. The molecule has 9 nitrogen and oxygen atoms in total. The summed E-state index contributed by atoms with van der Waals surface area (Å²) < 4.78 is 17.2. The number of hydrogen-bond donors (Lipinski definition) is 3. The van der Waals surface area contributed by atoms with Crippen LogP contribution in [0.1, 0.15) is 35.2 Å². The third kappa shape index (κ3) is 3.48. The van der Waals surface area contributed by atoms with Crippen molar-refractivity contribution in [2.24, 2.45) is 0 Å². The van der Waals surface area contributed by atoms with Gasteiger partial charge in [-0.2, -0.15) is 5.10 Å². The summed E-state index contributed by atoms with van der Waals surface area (Å²) in [7, 11) is 3.07. The van der Waals surface area contributed by atoms with E-state index in [9.17, 15) is 9.90 Å². The standard InChI is InChI=1S/C23H25ClFN7O2/c1-31(2)21(33)16-15(26)4-3-13(19(16)25)14-7-28-20-17(18(14)24)22(9-29-20)5-6-23(34,8-22)10-32-12-27-11-30-32/h3-4,7,11-12,34H,5-6,8-10,26H2,1-2H3,(H,28,29)/t22-,23-/m0/s1. The van der Waals surface area contributed by atoms with E-state index in [2.05, 4.69) is 20.4 Å². The van der Waals surface area contributed by atoms with Crippen LogP contribution in [0.4, 0.5) is 15.9 Å². The van der Waals surface area contributed by atoms with Gasteiger partial charge in [0.05, 0.1) is 22.7 Å². The fourth-order valence-electron chi connectivity index (χ4n) is 5.27. The Morgan fingerprint density at radius 3 is 2.85 bits per heavy atom. The number of amides is 1. The maximum Gasteiger partial charge on any atom is 0.258 e. The number of hydrogen-bond acceptors (Lipinski definition) is 7. The highest BCUT2D eigenvalue weighted by atomic mass is 35.5. The van der Waals surface area contributed by atoms with Crippen LogP contribution in [-0.2, 0) is 12.0 Å². The molecule has 1 saturated carbocycles. The minimum Gasteiger partial charge on any atom is -0.398 e. The minimum absolute atomic E-state index is 0.0531. The number of halogens is 2. The van der Waals surface area contributed by atoms with Crippen LogP contribution in [0.5, 0.6) is 0 Å². The van der Waals surface area contributed by atoms with E-state index in [0.717, 1.165) is 5.56 Å². The fourth-order valence-corrected chi connectivity index (χ4v) is 5.71. The molecule has 1 spiro atoms. The number of benzene rings is 1. The van der Waals surface area contributed by atoms with Gasteiger partial charge in [-0.25, -0.2) is 14.4 Å². The molecule has 4 N–H and O–H groups in total. The Morgan fingerprint density at radius 2 is 2.15 bits per heavy atom. The molecule has 1 fully saturated rings. The summed E-state index contributed by atoms with van der Waals surface area (Å²) in [6.45, 7) is 0.879. The average molecular weight is 486 g/mol. The molecule has 1 aliphatic heterocycles. The third-order valence-corrected chi connectivity index (χ3v) is 7.28. The molecule has 2 aromatic heterocycles. The molecule has 0 bridgehead atoms. The summed E-state index contributed by atoms with van der Waals surface area (Å²) in [5.41, 5.74) is 5.62. The smallest absolute Gasteiger partial charge is 0.258 e. The van der Waals surface area contributed by atoms with Gasteiger partial charge in [-0.3, -0.25) is 9.48 Å². The van der Waals surface area contributed by atoms with E-state index in [0.29, 0.717) is 48.8 Å². The SMILES string of the molecule is CN(C)C(=O)c1c(N)ccc(-c2cnc3c(c2Cl)[C@]2(CC[C@@](O)(Cn4cncn4)C2)CN3)c1F. The number of aliphatic hydroxyl groups is 1. The van der Waals surface area contributed by atoms with Crippen LogP contribution in [0.25, 0.3) is 11.1 Å². The molecule has 0 saturated heterocycles. The Morgan fingerprint density at radius 1 is 1.35 bits per heavy atom. The average Bonchev–Trinajstić information content (AvgIpc) is 3.50. The second-order valence-electron chi connectivity index (χ2n) is 9.43. The zero-order valence-corrected chi connectivity index (χ0v) is 19.6. The maximum atomic E-state index is 15.6. The lowest BCUT2D eigenvalue weighted by molar-refractivity contribution is 0.0210. The highest BCUT2D eigenvalue weighted by Gasteiger charge is 2.53. The second-order valence-corrected chi connectivity index (χ2v) is 9.81. The third-order valence-electron chi connectivity index (χ3n) is 6.88. The van der Waals surface area contributed by atoms with Crippen molar-refractivity contribution in [2.75, 3.05) is 31.7 Å². The monoisotopic (exact) mass is 485 g/mol. The predicted octanol–water partition coefficient (Wildman–Crippen LogP) is 2.70. The van der Waals surface area contributed by atoms with Gasteiger partial charge in [0.15, 0.2) is 0 Å². The van der Waals surface area contributed by atoms with E-state index in [-0.39, 0.29) is 16.8 Å². The van der Waals surface area contributed by atoms with E-state index in [4.69, 9.17) is 17.3 Å². The minimum atomic E-state index is -0.992. The number of nitrogens with zero attached hydrogens (tertiary/aromatic N) is 5. The normalized spacial score (nSPS) is 23.2. The molecule has 2 aliphatic rings. The number of nitrogen functional groups attached to an aromatic ring is 1. The summed E-state index contributed by atoms with van der Waals surface area (Å²) in [6.07, 6.45) is 6.18. The highest BCUT2D eigenvalue weighted by Crippen LogP contribution is 2.55. The summed E-state index contributed by atoms with van der Waals surface area (Å²) in [4.78, 5) is 22.3. The van der Waals surface area contributed by atoms with Crippen molar-refractivity contribution in [1.29, 1.82) is 0 Å². The number of carbonyl (C=O) groups excluding carboxylic acids is 1. The predicted molar refractivity (Wildman–Crippen MR) is 126 cm³/mol. The van der Waals surface area contributed by atoms with Gasteiger partial charge in [0.1, 0.15) is 24.3 Å². The molecule has 1 aromatic carbocycles. The Kier molecular flexibility index (Phi) is 5.25. The van der Waals surface area contributed by atoms with E-state index >= 15 is 4.39 Å². The lowest BCUT2D eigenvalue weighted by Gasteiger charge is -2.28. The maximum absolute atomic E-state index is 15.6. The van der Waals surface area contributed by atoms with Crippen molar-refractivity contribution in [2.45, 2.75) is 36.8 Å². The molecule has 1 aliphatic carbocycles. The molecule has 2 atom stereocenters. The molecule has 0 radical (unpaired) electrons. The first-order valence-corrected chi connectivity index (χ1v) is 11.3. The molecule has 5 rings (SSSR count). The topological polar surface area (TPSA) is 122 Å². The first kappa shape index (κ1) is 22.5. The van der Waals surface area contributed by atoms with Crippen LogP contribution in [0.15, 0.2) is 31.0 Å². The van der Waals surface area contributed by atoms with Crippen LogP contribution in [0.2, 0.25) is 5.02 Å². The Hall–Kier alpha value is -3.24. The molecule has 3 aromatic rings. The molecule has 1 amide bonds. The van der Waals surface area contributed by atoms with Gasteiger partial charge in [-0.05, 0) is 31.4 Å².